The maximum absolute atomic E-state index is 13.6. The molecule has 0 radical (unpaired) electrons. The van der Waals surface area contributed by atoms with Gasteiger partial charge in [0.25, 0.3) is 11.8 Å². The molecule has 3 aliphatic rings. The van der Waals surface area contributed by atoms with Crippen molar-refractivity contribution in [2.45, 2.75) is 69.8 Å². The third-order valence-electron chi connectivity index (χ3n) is 9.18. The minimum absolute atomic E-state index is 0.00703. The minimum atomic E-state index is -5.15. The number of amides is 5. The van der Waals surface area contributed by atoms with Crippen molar-refractivity contribution in [3.8, 4) is 11.6 Å². The van der Waals surface area contributed by atoms with Gasteiger partial charge in [0, 0.05) is 38.3 Å². The van der Waals surface area contributed by atoms with Crippen LogP contribution in [0.1, 0.15) is 55.9 Å². The second kappa shape index (κ2) is 18.1. The van der Waals surface area contributed by atoms with E-state index >= 15 is 0 Å². The van der Waals surface area contributed by atoms with E-state index in [0.717, 1.165) is 19.3 Å². The van der Waals surface area contributed by atoms with Crippen LogP contribution in [0.4, 0.5) is 18.0 Å². The fraction of sp³-hybridized carbons (Fsp3) is 0.559. The molecule has 1 aliphatic carbocycles. The lowest BCUT2D eigenvalue weighted by Gasteiger charge is -2.35. The standard InChI is InChI=1S/C34H43F3N8O9/c1-2-52-33(51)54-43-18-16-42(17-19-43)31(49)24(13-14-38-32(50)34(35,36)37)40-29(47)25-20-28(45(41-25)23-10-4-3-5-11-23)53-21-27(46)44-15-7-12-26(44)30(48)39-22-8-6-9-22/h3-5,10-11,20,22,24,26H,2,6-9,12-19,21H2,1H3,(H,38,50)(H,39,48)(H,40,47)/t24-,26-/m0/s1. The number of likely N-dealkylation sites (tertiary alicyclic amines) is 1. The number of nitrogens with one attached hydrogen (secondary N) is 3. The molecule has 2 saturated heterocycles. The molecule has 5 rings (SSSR count). The van der Waals surface area contributed by atoms with Crippen molar-refractivity contribution in [3.05, 3.63) is 42.1 Å². The monoisotopic (exact) mass is 764 g/mol. The smallest absolute Gasteiger partial charge is 0.467 e. The van der Waals surface area contributed by atoms with Gasteiger partial charge in [0.15, 0.2) is 12.3 Å². The summed E-state index contributed by atoms with van der Waals surface area (Å²) >= 11 is 0. The summed E-state index contributed by atoms with van der Waals surface area (Å²) in [6.45, 7) is 1.24. The molecule has 5 amide bonds. The van der Waals surface area contributed by atoms with Crippen molar-refractivity contribution >= 4 is 35.7 Å². The highest BCUT2D eigenvalue weighted by molar-refractivity contribution is 5.96. The molecule has 1 aromatic carbocycles. The van der Waals surface area contributed by atoms with Crippen LogP contribution in [0, 0.1) is 0 Å². The van der Waals surface area contributed by atoms with Crippen molar-refractivity contribution in [1.29, 1.82) is 0 Å². The molecular weight excluding hydrogens is 721 g/mol. The van der Waals surface area contributed by atoms with Crippen molar-refractivity contribution in [3.63, 3.8) is 0 Å². The van der Waals surface area contributed by atoms with Gasteiger partial charge in [-0.2, -0.15) is 18.3 Å². The number of para-hydroxylation sites is 1. The average Bonchev–Trinajstić information content (AvgIpc) is 3.80. The highest BCUT2D eigenvalue weighted by Gasteiger charge is 2.39. The Morgan fingerprint density at radius 1 is 0.963 bits per heavy atom. The molecule has 1 aromatic heterocycles. The molecule has 0 unspecified atom stereocenters. The Kier molecular flexibility index (Phi) is 13.3. The number of piperazine rings is 1. The van der Waals surface area contributed by atoms with E-state index in [1.807, 2.05) is 0 Å². The molecule has 20 heteroatoms. The number of hydroxylamine groups is 2. The molecule has 1 saturated carbocycles. The van der Waals surface area contributed by atoms with Gasteiger partial charge in [0.05, 0.1) is 25.4 Å². The van der Waals surface area contributed by atoms with E-state index in [9.17, 15) is 41.9 Å². The number of carbonyl (C=O) groups is 6. The van der Waals surface area contributed by atoms with Crippen LogP contribution in [0.15, 0.2) is 36.4 Å². The SMILES string of the molecule is CCOC(=O)ON1CCN(C(=O)[C@H](CCNC(=O)C(F)(F)F)NC(=O)c2cc(OCC(=O)N3CCC[C@H]3C(=O)NC3CCC3)n(-c3ccccc3)n2)CC1. The summed E-state index contributed by atoms with van der Waals surface area (Å²) in [4.78, 5) is 84.5. The molecule has 3 heterocycles. The van der Waals surface area contributed by atoms with Gasteiger partial charge in [0.1, 0.15) is 12.1 Å². The van der Waals surface area contributed by atoms with Gasteiger partial charge in [-0.05, 0) is 57.6 Å². The molecule has 0 bridgehead atoms. The normalized spacial score (nSPS) is 18.3. The first-order valence-electron chi connectivity index (χ1n) is 17.8. The summed E-state index contributed by atoms with van der Waals surface area (Å²) in [7, 11) is 0. The Morgan fingerprint density at radius 2 is 1.69 bits per heavy atom. The zero-order valence-corrected chi connectivity index (χ0v) is 29.6. The number of alkyl halides is 3. The van der Waals surface area contributed by atoms with Crippen LogP contribution in [-0.2, 0) is 28.8 Å². The van der Waals surface area contributed by atoms with E-state index in [-0.39, 0.29) is 56.3 Å². The van der Waals surface area contributed by atoms with Crippen molar-refractivity contribution < 1.29 is 56.2 Å². The number of carbonyl (C=O) groups excluding carboxylic acids is 6. The Bertz CT molecular complexity index is 1660. The summed E-state index contributed by atoms with van der Waals surface area (Å²) in [5.41, 5.74) is 0.216. The molecule has 3 N–H and O–H groups in total. The molecule has 294 valence electrons. The largest absolute Gasteiger partial charge is 0.527 e. The average molecular weight is 765 g/mol. The van der Waals surface area contributed by atoms with Crippen LogP contribution in [0.5, 0.6) is 5.88 Å². The summed E-state index contributed by atoms with van der Waals surface area (Å²) in [5, 5.41) is 12.8. The predicted octanol–water partition coefficient (Wildman–Crippen LogP) is 1.31. The lowest BCUT2D eigenvalue weighted by Crippen LogP contribution is -2.55. The van der Waals surface area contributed by atoms with Gasteiger partial charge in [-0.15, -0.1) is 5.06 Å². The summed E-state index contributed by atoms with van der Waals surface area (Å²) < 4.78 is 50.5. The Labute approximate surface area is 308 Å². The van der Waals surface area contributed by atoms with Crippen LogP contribution in [-0.4, -0.2) is 137 Å². The molecule has 0 spiro atoms. The van der Waals surface area contributed by atoms with Gasteiger partial charge >= 0.3 is 18.2 Å². The van der Waals surface area contributed by atoms with Crippen LogP contribution < -0.4 is 20.7 Å². The Morgan fingerprint density at radius 3 is 2.33 bits per heavy atom. The van der Waals surface area contributed by atoms with Crippen LogP contribution >= 0.6 is 0 Å². The van der Waals surface area contributed by atoms with E-state index in [1.54, 1.807) is 42.6 Å². The Hall–Kier alpha value is -5.40. The molecular formula is C34H43F3N8O9. The number of aromatic nitrogens is 2. The fourth-order valence-electron chi connectivity index (χ4n) is 6.13. The van der Waals surface area contributed by atoms with Crippen molar-refractivity contribution in [1.82, 2.24) is 40.6 Å². The van der Waals surface area contributed by atoms with Gasteiger partial charge in [-0.3, -0.25) is 24.0 Å². The summed E-state index contributed by atoms with van der Waals surface area (Å²) in [6.07, 6.45) is -2.45. The first-order chi connectivity index (χ1) is 25.8. The highest BCUT2D eigenvalue weighted by Crippen LogP contribution is 2.24. The van der Waals surface area contributed by atoms with Gasteiger partial charge in [-0.1, -0.05) is 18.2 Å². The van der Waals surface area contributed by atoms with Crippen molar-refractivity contribution in [2.75, 3.05) is 52.5 Å². The van der Waals surface area contributed by atoms with Crippen LogP contribution in [0.3, 0.4) is 0 Å². The number of hydrogen-bond donors (Lipinski definition) is 3. The van der Waals surface area contributed by atoms with E-state index in [1.165, 1.54) is 25.6 Å². The zero-order chi connectivity index (χ0) is 38.8. The van der Waals surface area contributed by atoms with E-state index in [0.29, 0.717) is 25.1 Å². The number of hydrogen-bond acceptors (Lipinski definition) is 11. The molecule has 54 heavy (non-hydrogen) atoms. The third-order valence-corrected chi connectivity index (χ3v) is 9.18. The molecule has 2 aromatic rings. The lowest BCUT2D eigenvalue weighted by molar-refractivity contribution is -0.173. The second-order valence-electron chi connectivity index (χ2n) is 12.9. The number of halogens is 3. The third kappa shape index (κ3) is 10.4. The molecule has 17 nitrogen and oxygen atoms in total. The highest BCUT2D eigenvalue weighted by atomic mass is 19.4. The fourth-order valence-corrected chi connectivity index (χ4v) is 6.13. The van der Waals surface area contributed by atoms with Gasteiger partial charge < -0.3 is 40.1 Å². The number of rotatable bonds is 14. The number of nitrogens with zero attached hydrogens (tertiary/aromatic N) is 5. The molecule has 3 fully saturated rings. The van der Waals surface area contributed by atoms with E-state index in [4.69, 9.17) is 14.3 Å². The first-order valence-corrected chi connectivity index (χ1v) is 17.8. The topological polar surface area (TPSA) is 194 Å². The number of ether oxygens (including phenoxy) is 2. The van der Waals surface area contributed by atoms with Gasteiger partial charge in [-0.25, -0.2) is 9.48 Å². The van der Waals surface area contributed by atoms with Crippen molar-refractivity contribution in [2.24, 2.45) is 0 Å². The van der Waals surface area contributed by atoms with Gasteiger partial charge in [0.2, 0.25) is 17.7 Å². The summed E-state index contributed by atoms with van der Waals surface area (Å²) in [6, 6.07) is 7.86. The summed E-state index contributed by atoms with van der Waals surface area (Å²) in [5.74, 6) is -4.40. The van der Waals surface area contributed by atoms with Crippen LogP contribution in [0.2, 0.25) is 0 Å². The molecule has 2 atom stereocenters. The van der Waals surface area contributed by atoms with E-state index in [2.05, 4.69) is 15.7 Å². The zero-order valence-electron chi connectivity index (χ0n) is 29.6. The molecule has 2 aliphatic heterocycles. The minimum Gasteiger partial charge on any atom is -0.467 e. The lowest BCUT2D eigenvalue weighted by atomic mass is 9.93. The Balaban J connectivity index is 1.28. The van der Waals surface area contributed by atoms with E-state index < -0.39 is 67.6 Å². The quantitative estimate of drug-likeness (QED) is 0.235. The van der Waals surface area contributed by atoms with Crippen LogP contribution in [0.25, 0.3) is 5.69 Å². The number of benzene rings is 1. The maximum atomic E-state index is 13.6. The maximum Gasteiger partial charge on any atom is 0.527 e. The predicted molar refractivity (Wildman–Crippen MR) is 181 cm³/mol. The first kappa shape index (κ1) is 39.8. The second-order valence-corrected chi connectivity index (χ2v) is 12.9.